The summed E-state index contributed by atoms with van der Waals surface area (Å²) < 4.78 is 5.56. The van der Waals surface area contributed by atoms with E-state index in [9.17, 15) is 5.11 Å². The van der Waals surface area contributed by atoms with Crippen LogP contribution >= 0.6 is 0 Å². The highest BCUT2D eigenvalue weighted by Gasteiger charge is 2.05. The average molecular weight is 650 g/mol. The third kappa shape index (κ3) is 41.9. The molecule has 1 unspecified atom stereocenters. The molecule has 1 atom stereocenters. The van der Waals surface area contributed by atoms with Gasteiger partial charge in [-0.05, 0) is 12.8 Å². The molecule has 0 bridgehead atoms. The quantitative estimate of drug-likeness (QED) is 0.0478. The molecule has 0 aliphatic carbocycles. The monoisotopic (exact) mass is 650 g/mol. The summed E-state index contributed by atoms with van der Waals surface area (Å²) in [4.78, 5) is 0. The zero-order valence-corrected chi connectivity index (χ0v) is 32.4. The van der Waals surface area contributed by atoms with Gasteiger partial charge in [0.1, 0.15) is 0 Å². The van der Waals surface area contributed by atoms with Crippen LogP contribution in [0.25, 0.3) is 0 Å². The molecule has 0 aliphatic heterocycles. The lowest BCUT2D eigenvalue weighted by Crippen LogP contribution is -2.11. The van der Waals surface area contributed by atoms with E-state index in [2.05, 4.69) is 13.8 Å². The molecular formula is C44H89O2. The number of hydrogen-bond donors (Lipinski definition) is 0. The van der Waals surface area contributed by atoms with Gasteiger partial charge in [0.05, 0.1) is 0 Å². The molecule has 46 heavy (non-hydrogen) atoms. The first kappa shape index (κ1) is 45.9. The van der Waals surface area contributed by atoms with Gasteiger partial charge in [0.2, 0.25) is 0 Å². The van der Waals surface area contributed by atoms with Gasteiger partial charge >= 0.3 is 0 Å². The fourth-order valence-electron chi connectivity index (χ4n) is 7.04. The summed E-state index contributed by atoms with van der Waals surface area (Å²) in [7, 11) is 0. The molecule has 0 aromatic rings. The van der Waals surface area contributed by atoms with Gasteiger partial charge in [0.25, 0.3) is 0 Å². The van der Waals surface area contributed by atoms with Crippen molar-refractivity contribution in [2.24, 2.45) is 0 Å². The van der Waals surface area contributed by atoms with Gasteiger partial charge in [-0.15, -0.1) is 0 Å². The largest absolute Gasteiger partial charge is 0.350 e. The Labute approximate surface area is 292 Å². The molecule has 0 heterocycles. The summed E-state index contributed by atoms with van der Waals surface area (Å²) in [6.45, 7) is 5.27. The zero-order chi connectivity index (χ0) is 33.3. The fraction of sp³-hybridized carbons (Fsp3) is 1.00. The Morgan fingerprint density at radius 1 is 0.283 bits per heavy atom. The lowest BCUT2D eigenvalue weighted by atomic mass is 10.0. The molecule has 0 N–H and O–H groups in total. The van der Waals surface area contributed by atoms with Gasteiger partial charge in [0.15, 0.2) is 6.29 Å². The number of hydrogen-bond acceptors (Lipinski definition) is 1. The van der Waals surface area contributed by atoms with E-state index in [1.165, 1.54) is 238 Å². The van der Waals surface area contributed by atoms with Crippen molar-refractivity contribution >= 4 is 0 Å². The van der Waals surface area contributed by atoms with Gasteiger partial charge in [-0.2, -0.15) is 0 Å². The lowest BCUT2D eigenvalue weighted by Gasteiger charge is -2.10. The van der Waals surface area contributed by atoms with Crippen LogP contribution in [0.4, 0.5) is 0 Å². The van der Waals surface area contributed by atoms with Crippen molar-refractivity contribution in [3.63, 3.8) is 0 Å². The van der Waals surface area contributed by atoms with Gasteiger partial charge in [-0.3, -0.25) is 0 Å². The summed E-state index contributed by atoms with van der Waals surface area (Å²) in [5, 5.41) is 12.1. The van der Waals surface area contributed by atoms with Crippen molar-refractivity contribution in [3.05, 3.63) is 0 Å². The Morgan fingerprint density at radius 2 is 0.478 bits per heavy atom. The topological polar surface area (TPSA) is 29.1 Å². The lowest BCUT2D eigenvalue weighted by molar-refractivity contribution is -0.144. The van der Waals surface area contributed by atoms with Crippen LogP contribution in [0.5, 0.6) is 0 Å². The van der Waals surface area contributed by atoms with Crippen LogP contribution in [-0.4, -0.2) is 12.9 Å². The third-order valence-electron chi connectivity index (χ3n) is 10.3. The van der Waals surface area contributed by atoms with E-state index in [-0.39, 0.29) is 0 Å². The van der Waals surface area contributed by atoms with E-state index >= 15 is 0 Å². The number of rotatable bonds is 42. The molecule has 0 saturated heterocycles. The highest BCUT2D eigenvalue weighted by molar-refractivity contribution is 4.53. The van der Waals surface area contributed by atoms with Crippen molar-refractivity contribution in [3.8, 4) is 0 Å². The first-order valence-electron chi connectivity index (χ1n) is 22.1. The van der Waals surface area contributed by atoms with Crippen LogP contribution in [0.15, 0.2) is 0 Å². The summed E-state index contributed by atoms with van der Waals surface area (Å²) in [6, 6.07) is 0. The Hall–Kier alpha value is -0.0800. The van der Waals surface area contributed by atoms with Gasteiger partial charge in [-0.1, -0.05) is 251 Å². The van der Waals surface area contributed by atoms with Crippen molar-refractivity contribution in [1.29, 1.82) is 0 Å². The van der Waals surface area contributed by atoms with Crippen molar-refractivity contribution in [2.75, 3.05) is 6.61 Å². The highest BCUT2D eigenvalue weighted by Crippen LogP contribution is 2.17. The van der Waals surface area contributed by atoms with Crippen LogP contribution in [-0.2, 0) is 9.84 Å². The maximum absolute atomic E-state index is 12.1. The molecule has 0 aromatic carbocycles. The fourth-order valence-corrected chi connectivity index (χ4v) is 7.04. The van der Waals surface area contributed by atoms with Crippen molar-refractivity contribution in [1.82, 2.24) is 0 Å². The summed E-state index contributed by atoms with van der Waals surface area (Å²) in [5.41, 5.74) is 0. The molecule has 2 heteroatoms. The predicted molar refractivity (Wildman–Crippen MR) is 206 cm³/mol. The molecule has 1 radical (unpaired) electrons. The molecule has 0 aliphatic rings. The van der Waals surface area contributed by atoms with Gasteiger partial charge in [0, 0.05) is 13.0 Å². The first-order chi connectivity index (χ1) is 22.8. The summed E-state index contributed by atoms with van der Waals surface area (Å²) >= 11 is 0. The minimum absolute atomic E-state index is 0.673. The highest BCUT2D eigenvalue weighted by atomic mass is 16.6. The van der Waals surface area contributed by atoms with Crippen LogP contribution in [0.3, 0.4) is 0 Å². The molecule has 0 spiro atoms. The second-order valence-electron chi connectivity index (χ2n) is 15.2. The van der Waals surface area contributed by atoms with Crippen LogP contribution in [0.1, 0.15) is 271 Å². The zero-order valence-electron chi connectivity index (χ0n) is 32.4. The van der Waals surface area contributed by atoms with Crippen LogP contribution in [0, 0.1) is 0 Å². The molecule has 0 saturated carbocycles. The second-order valence-corrected chi connectivity index (χ2v) is 15.2. The minimum Gasteiger partial charge on any atom is -0.350 e. The number of ether oxygens (including phenoxy) is 1. The second kappa shape index (κ2) is 42.9. The standard InChI is InChI=1S/C44H89O2/c1-3-5-7-9-11-13-15-17-19-21-23-25-27-29-31-33-35-37-39-41-43-46-44(45)42-40-38-36-34-32-30-28-26-24-22-20-18-16-14-12-10-8-6-4-2/h44H,3-43H2,1-2H3. The molecule has 277 valence electrons. The molecular weight excluding hydrogens is 560 g/mol. The maximum Gasteiger partial charge on any atom is 0.191 e. The van der Waals surface area contributed by atoms with Crippen molar-refractivity contribution < 1.29 is 9.84 Å². The van der Waals surface area contributed by atoms with Crippen LogP contribution in [0.2, 0.25) is 0 Å². The maximum atomic E-state index is 12.1. The molecule has 2 nitrogen and oxygen atoms in total. The van der Waals surface area contributed by atoms with E-state index in [4.69, 9.17) is 4.74 Å². The Bertz CT molecular complexity index is 506. The molecule has 0 aromatic heterocycles. The normalized spacial score (nSPS) is 12.3. The van der Waals surface area contributed by atoms with Crippen molar-refractivity contribution in [2.45, 2.75) is 277 Å². The van der Waals surface area contributed by atoms with E-state index in [0.717, 1.165) is 12.8 Å². The average Bonchev–Trinajstić information content (AvgIpc) is 3.06. The predicted octanol–water partition coefficient (Wildman–Crippen LogP) is 16.4. The first-order valence-corrected chi connectivity index (χ1v) is 22.1. The minimum atomic E-state index is -0.786. The summed E-state index contributed by atoms with van der Waals surface area (Å²) in [5.74, 6) is 0. The van der Waals surface area contributed by atoms with Gasteiger partial charge < -0.3 is 4.74 Å². The molecule has 0 rings (SSSR count). The molecule has 0 fully saturated rings. The van der Waals surface area contributed by atoms with Gasteiger partial charge in [-0.25, -0.2) is 5.11 Å². The SMILES string of the molecule is CCCCCCCCCCCCCCCCCCCCCCOC([O])CCCCCCCCCCCCCCCCCCCCC. The van der Waals surface area contributed by atoms with E-state index < -0.39 is 6.29 Å². The van der Waals surface area contributed by atoms with Crippen LogP contribution < -0.4 is 0 Å². The summed E-state index contributed by atoms with van der Waals surface area (Å²) in [6.07, 6.45) is 54.4. The van der Waals surface area contributed by atoms with E-state index in [1.807, 2.05) is 0 Å². The Balaban J connectivity index is 3.13. The van der Waals surface area contributed by atoms with E-state index in [0.29, 0.717) is 13.0 Å². The third-order valence-corrected chi connectivity index (χ3v) is 10.3. The smallest absolute Gasteiger partial charge is 0.191 e. The number of unbranched alkanes of at least 4 members (excludes halogenated alkanes) is 37. The Morgan fingerprint density at radius 3 is 0.717 bits per heavy atom. The van der Waals surface area contributed by atoms with E-state index in [1.54, 1.807) is 0 Å². The molecule has 0 amide bonds. The Kier molecular flexibility index (Phi) is 42.9.